The van der Waals surface area contributed by atoms with Crippen LogP contribution in [0, 0.1) is 0 Å². The van der Waals surface area contributed by atoms with E-state index in [2.05, 4.69) is 10.1 Å². The maximum Gasteiger partial charge on any atom is 0.319 e. The molecule has 0 fully saturated rings. The first-order valence-electron chi connectivity index (χ1n) is 4.91. The van der Waals surface area contributed by atoms with Crippen molar-refractivity contribution in [1.82, 2.24) is 5.32 Å². The number of halogens is 3. The molecule has 0 amide bonds. The second-order valence-electron chi connectivity index (χ2n) is 3.33. The molecule has 1 unspecified atom stereocenters. The zero-order valence-electron chi connectivity index (χ0n) is 9.17. The highest BCUT2D eigenvalue weighted by atomic mass is 127. The zero-order chi connectivity index (χ0) is 12.8. The second-order valence-corrected chi connectivity index (χ2v) is 5.62. The molecule has 1 aromatic carbocycles. The molecule has 1 atom stereocenters. The van der Waals surface area contributed by atoms with Gasteiger partial charge in [0, 0.05) is 13.1 Å². The molecule has 0 aliphatic heterocycles. The SMILES string of the molecule is COC(=O)C(I)CNCc1cccc(Cl)c1Cl. The van der Waals surface area contributed by atoms with Gasteiger partial charge in [0.2, 0.25) is 0 Å². The van der Waals surface area contributed by atoms with Crippen LogP contribution in [0.2, 0.25) is 10.0 Å². The summed E-state index contributed by atoms with van der Waals surface area (Å²) in [6.45, 7) is 1.09. The highest BCUT2D eigenvalue weighted by Crippen LogP contribution is 2.25. The van der Waals surface area contributed by atoms with E-state index in [-0.39, 0.29) is 9.89 Å². The predicted octanol–water partition coefficient (Wildman–Crippen LogP) is 3.06. The summed E-state index contributed by atoms with van der Waals surface area (Å²) in [5.74, 6) is -0.240. The molecule has 0 spiro atoms. The van der Waals surface area contributed by atoms with Gasteiger partial charge in [-0.25, -0.2) is 0 Å². The molecule has 1 N–H and O–H groups in total. The van der Waals surface area contributed by atoms with Gasteiger partial charge in [0.1, 0.15) is 3.92 Å². The summed E-state index contributed by atoms with van der Waals surface area (Å²) in [7, 11) is 1.38. The summed E-state index contributed by atoms with van der Waals surface area (Å²) >= 11 is 14.0. The number of nitrogens with one attached hydrogen (secondary N) is 1. The van der Waals surface area contributed by atoms with Crippen molar-refractivity contribution >= 4 is 51.8 Å². The molecule has 0 radical (unpaired) electrons. The van der Waals surface area contributed by atoms with E-state index in [9.17, 15) is 4.79 Å². The summed E-state index contributed by atoms with van der Waals surface area (Å²) in [4.78, 5) is 11.2. The fraction of sp³-hybridized carbons (Fsp3) is 0.364. The molecule has 3 nitrogen and oxygen atoms in total. The number of hydrogen-bond acceptors (Lipinski definition) is 3. The van der Waals surface area contributed by atoms with Gasteiger partial charge in [-0.15, -0.1) is 0 Å². The fourth-order valence-electron chi connectivity index (χ4n) is 1.23. The Kier molecular flexibility index (Phi) is 6.54. The number of rotatable bonds is 5. The molecule has 6 heteroatoms. The van der Waals surface area contributed by atoms with Crippen LogP contribution in [0.4, 0.5) is 0 Å². The molecular weight excluding hydrogens is 376 g/mol. The minimum absolute atomic E-state index is 0.212. The van der Waals surface area contributed by atoms with E-state index in [1.165, 1.54) is 7.11 Å². The van der Waals surface area contributed by atoms with Crippen LogP contribution < -0.4 is 5.32 Å². The first-order valence-corrected chi connectivity index (χ1v) is 6.92. The third kappa shape index (κ3) is 4.62. The quantitative estimate of drug-likeness (QED) is 0.479. The Morgan fingerprint density at radius 2 is 2.24 bits per heavy atom. The van der Waals surface area contributed by atoms with Crippen LogP contribution >= 0.6 is 45.8 Å². The maximum absolute atomic E-state index is 11.2. The van der Waals surface area contributed by atoms with Gasteiger partial charge in [-0.05, 0) is 11.6 Å². The number of hydrogen-bond donors (Lipinski definition) is 1. The van der Waals surface area contributed by atoms with Gasteiger partial charge in [0.05, 0.1) is 17.2 Å². The van der Waals surface area contributed by atoms with Crippen molar-refractivity contribution in [3.05, 3.63) is 33.8 Å². The molecule has 0 heterocycles. The van der Waals surface area contributed by atoms with Gasteiger partial charge >= 0.3 is 5.97 Å². The number of carbonyl (C=O) groups is 1. The minimum atomic E-state index is -0.240. The van der Waals surface area contributed by atoms with Crippen molar-refractivity contribution in [3.63, 3.8) is 0 Å². The number of carbonyl (C=O) groups excluding carboxylic acids is 1. The van der Waals surface area contributed by atoms with E-state index < -0.39 is 0 Å². The van der Waals surface area contributed by atoms with E-state index in [1.807, 2.05) is 34.7 Å². The second kappa shape index (κ2) is 7.41. The minimum Gasteiger partial charge on any atom is -0.468 e. The molecule has 17 heavy (non-hydrogen) atoms. The van der Waals surface area contributed by atoms with Crippen LogP contribution in [0.5, 0.6) is 0 Å². The van der Waals surface area contributed by atoms with Crippen molar-refractivity contribution in [3.8, 4) is 0 Å². The van der Waals surface area contributed by atoms with Crippen molar-refractivity contribution in [2.24, 2.45) is 0 Å². The van der Waals surface area contributed by atoms with E-state index in [4.69, 9.17) is 23.2 Å². The van der Waals surface area contributed by atoms with Gasteiger partial charge in [-0.1, -0.05) is 57.9 Å². The smallest absolute Gasteiger partial charge is 0.319 e. The lowest BCUT2D eigenvalue weighted by atomic mass is 10.2. The van der Waals surface area contributed by atoms with Gasteiger partial charge < -0.3 is 10.1 Å². The number of methoxy groups -OCH3 is 1. The van der Waals surface area contributed by atoms with Crippen molar-refractivity contribution in [2.45, 2.75) is 10.5 Å². The molecule has 0 bridgehead atoms. The number of ether oxygens (including phenoxy) is 1. The number of esters is 1. The van der Waals surface area contributed by atoms with E-state index >= 15 is 0 Å². The predicted molar refractivity (Wildman–Crippen MR) is 78.0 cm³/mol. The first kappa shape index (κ1) is 15.0. The molecule has 1 aromatic rings. The molecule has 0 aliphatic carbocycles. The van der Waals surface area contributed by atoms with Crippen LogP contribution in [0.1, 0.15) is 5.56 Å². The van der Waals surface area contributed by atoms with E-state index in [0.717, 1.165) is 5.56 Å². The lowest BCUT2D eigenvalue weighted by Crippen LogP contribution is -2.29. The average molecular weight is 388 g/mol. The third-order valence-electron chi connectivity index (χ3n) is 2.13. The summed E-state index contributed by atoms with van der Waals surface area (Å²) in [5.41, 5.74) is 0.910. The number of alkyl halides is 1. The Bertz CT molecular complexity index is 401. The van der Waals surface area contributed by atoms with Gasteiger partial charge in [0.25, 0.3) is 0 Å². The molecule has 0 saturated carbocycles. The summed E-state index contributed by atoms with van der Waals surface area (Å²) in [6.07, 6.45) is 0. The summed E-state index contributed by atoms with van der Waals surface area (Å²) in [5, 5.41) is 4.21. The van der Waals surface area contributed by atoms with Crippen LogP contribution in [0.25, 0.3) is 0 Å². The molecular formula is C11H12Cl2INO2. The van der Waals surface area contributed by atoms with Gasteiger partial charge in [-0.2, -0.15) is 0 Å². The lowest BCUT2D eigenvalue weighted by Gasteiger charge is -2.10. The highest BCUT2D eigenvalue weighted by molar-refractivity contribution is 14.1. The standard InChI is InChI=1S/C11H12Cl2INO2/c1-17-11(16)9(14)6-15-5-7-3-2-4-8(12)10(7)13/h2-4,9,15H,5-6H2,1H3. The van der Waals surface area contributed by atoms with E-state index in [0.29, 0.717) is 23.1 Å². The van der Waals surface area contributed by atoms with Crippen LogP contribution in [-0.2, 0) is 16.1 Å². The fourth-order valence-corrected chi connectivity index (χ4v) is 2.18. The number of benzene rings is 1. The van der Waals surface area contributed by atoms with Crippen molar-refractivity contribution < 1.29 is 9.53 Å². The highest BCUT2D eigenvalue weighted by Gasteiger charge is 2.14. The Hall–Kier alpha value is -0.0400. The van der Waals surface area contributed by atoms with Crippen LogP contribution in [-0.4, -0.2) is 23.5 Å². The molecule has 94 valence electrons. The normalized spacial score (nSPS) is 12.2. The Balaban J connectivity index is 2.46. The van der Waals surface area contributed by atoms with Crippen molar-refractivity contribution in [2.75, 3.05) is 13.7 Å². The average Bonchev–Trinajstić information content (AvgIpc) is 2.33. The van der Waals surface area contributed by atoms with Crippen LogP contribution in [0.15, 0.2) is 18.2 Å². The van der Waals surface area contributed by atoms with E-state index in [1.54, 1.807) is 6.07 Å². The van der Waals surface area contributed by atoms with Crippen molar-refractivity contribution in [1.29, 1.82) is 0 Å². The lowest BCUT2D eigenvalue weighted by molar-refractivity contribution is -0.139. The Morgan fingerprint density at radius 3 is 2.88 bits per heavy atom. The molecule has 0 saturated heterocycles. The summed E-state index contributed by atoms with van der Waals surface area (Å²) in [6, 6.07) is 5.47. The molecule has 0 aromatic heterocycles. The topological polar surface area (TPSA) is 38.3 Å². The zero-order valence-corrected chi connectivity index (χ0v) is 12.8. The molecule has 0 aliphatic rings. The molecule has 1 rings (SSSR count). The monoisotopic (exact) mass is 387 g/mol. The van der Waals surface area contributed by atoms with Gasteiger partial charge in [0.15, 0.2) is 0 Å². The summed E-state index contributed by atoms with van der Waals surface area (Å²) < 4.78 is 4.41. The maximum atomic E-state index is 11.2. The van der Waals surface area contributed by atoms with Crippen LogP contribution in [0.3, 0.4) is 0 Å². The Labute approximate surface area is 124 Å². The van der Waals surface area contributed by atoms with Gasteiger partial charge in [-0.3, -0.25) is 4.79 Å². The largest absolute Gasteiger partial charge is 0.468 e. The third-order valence-corrected chi connectivity index (χ3v) is 3.93. The first-order chi connectivity index (χ1) is 8.06. The Morgan fingerprint density at radius 1 is 1.53 bits per heavy atom.